The molecule has 0 radical (unpaired) electrons. The zero-order valence-electron chi connectivity index (χ0n) is 11.1. The predicted octanol–water partition coefficient (Wildman–Crippen LogP) is 2.16. The molecular weight excluding hydrogens is 242 g/mol. The van der Waals surface area contributed by atoms with Crippen LogP contribution < -0.4 is 10.1 Å². The molecule has 0 aliphatic carbocycles. The van der Waals surface area contributed by atoms with Crippen molar-refractivity contribution in [2.75, 3.05) is 12.4 Å². The number of nitrogens with one attached hydrogen (secondary N) is 2. The molecule has 1 heterocycles. The highest BCUT2D eigenvalue weighted by atomic mass is 16.5. The molecule has 0 aliphatic heterocycles. The van der Waals surface area contributed by atoms with Crippen molar-refractivity contribution in [2.45, 2.75) is 19.8 Å². The first-order valence-electron chi connectivity index (χ1n) is 6.19. The standard InChI is InChI=1S/C14H17N3O2/c1-3-11-9-13(17-16-11)15-14(18)8-10-6-4-5-7-12(10)19-2/h4-7,9H,3,8H2,1-2H3,(H2,15,16,17,18). The smallest absolute Gasteiger partial charge is 0.230 e. The fourth-order valence-corrected chi connectivity index (χ4v) is 1.82. The topological polar surface area (TPSA) is 67.0 Å². The van der Waals surface area contributed by atoms with Gasteiger partial charge < -0.3 is 10.1 Å². The van der Waals surface area contributed by atoms with Gasteiger partial charge in [0, 0.05) is 17.3 Å². The van der Waals surface area contributed by atoms with E-state index in [1.54, 1.807) is 7.11 Å². The summed E-state index contributed by atoms with van der Waals surface area (Å²) in [5.74, 6) is 1.16. The Balaban J connectivity index is 2.01. The number of hydrogen-bond acceptors (Lipinski definition) is 3. The Morgan fingerprint density at radius 2 is 2.21 bits per heavy atom. The van der Waals surface area contributed by atoms with Gasteiger partial charge in [0.2, 0.25) is 5.91 Å². The van der Waals surface area contributed by atoms with Gasteiger partial charge in [-0.05, 0) is 12.5 Å². The molecule has 5 nitrogen and oxygen atoms in total. The van der Waals surface area contributed by atoms with Crippen LogP contribution in [0.2, 0.25) is 0 Å². The number of methoxy groups -OCH3 is 1. The molecular formula is C14H17N3O2. The lowest BCUT2D eigenvalue weighted by atomic mass is 10.1. The summed E-state index contributed by atoms with van der Waals surface area (Å²) in [6.45, 7) is 2.02. The van der Waals surface area contributed by atoms with Crippen molar-refractivity contribution in [3.05, 3.63) is 41.6 Å². The molecule has 2 N–H and O–H groups in total. The summed E-state index contributed by atoms with van der Waals surface area (Å²) in [6.07, 6.45) is 1.12. The van der Waals surface area contributed by atoms with Crippen molar-refractivity contribution in [2.24, 2.45) is 0 Å². The normalized spacial score (nSPS) is 10.2. The molecule has 5 heteroatoms. The number of carbonyl (C=O) groups is 1. The number of carbonyl (C=O) groups excluding carboxylic acids is 1. The van der Waals surface area contributed by atoms with Crippen molar-refractivity contribution in [1.82, 2.24) is 10.2 Å². The number of anilines is 1. The maximum Gasteiger partial charge on any atom is 0.230 e. The average molecular weight is 259 g/mol. The summed E-state index contributed by atoms with van der Waals surface area (Å²) in [4.78, 5) is 11.9. The molecule has 2 aromatic rings. The number of rotatable bonds is 5. The minimum absolute atomic E-state index is 0.112. The van der Waals surface area contributed by atoms with E-state index >= 15 is 0 Å². The Labute approximate surface area is 112 Å². The molecule has 0 spiro atoms. The monoisotopic (exact) mass is 259 g/mol. The second-order valence-electron chi connectivity index (χ2n) is 4.17. The third-order valence-corrected chi connectivity index (χ3v) is 2.82. The minimum Gasteiger partial charge on any atom is -0.496 e. The lowest BCUT2D eigenvalue weighted by Crippen LogP contribution is -2.15. The second kappa shape index (κ2) is 6.04. The van der Waals surface area contributed by atoms with E-state index in [1.165, 1.54) is 0 Å². The van der Waals surface area contributed by atoms with Crippen LogP contribution >= 0.6 is 0 Å². The van der Waals surface area contributed by atoms with Crippen LogP contribution in [0.4, 0.5) is 5.82 Å². The van der Waals surface area contributed by atoms with Gasteiger partial charge >= 0.3 is 0 Å². The Kier molecular flexibility index (Phi) is 4.18. The Bertz CT molecular complexity index is 563. The molecule has 0 saturated carbocycles. The number of ether oxygens (including phenoxy) is 1. The molecule has 1 aromatic heterocycles. The Morgan fingerprint density at radius 1 is 1.42 bits per heavy atom. The lowest BCUT2D eigenvalue weighted by molar-refractivity contribution is -0.115. The van der Waals surface area contributed by atoms with Crippen LogP contribution in [0.15, 0.2) is 30.3 Å². The number of benzene rings is 1. The van der Waals surface area contributed by atoms with E-state index in [-0.39, 0.29) is 12.3 Å². The van der Waals surface area contributed by atoms with Gasteiger partial charge in [0.25, 0.3) is 0 Å². The van der Waals surface area contributed by atoms with Crippen molar-refractivity contribution in [3.8, 4) is 5.75 Å². The number of aryl methyl sites for hydroxylation is 1. The fourth-order valence-electron chi connectivity index (χ4n) is 1.82. The fraction of sp³-hybridized carbons (Fsp3) is 0.286. The van der Waals surface area contributed by atoms with Gasteiger partial charge in [-0.15, -0.1) is 0 Å². The van der Waals surface area contributed by atoms with E-state index in [4.69, 9.17) is 4.74 Å². The molecule has 0 atom stereocenters. The number of hydrogen-bond donors (Lipinski definition) is 2. The van der Waals surface area contributed by atoms with Gasteiger partial charge in [-0.25, -0.2) is 0 Å². The summed E-state index contributed by atoms with van der Waals surface area (Å²) in [5.41, 5.74) is 1.85. The molecule has 0 unspecified atom stereocenters. The van der Waals surface area contributed by atoms with Gasteiger partial charge in [0.1, 0.15) is 5.75 Å². The largest absolute Gasteiger partial charge is 0.496 e. The van der Waals surface area contributed by atoms with Crippen molar-refractivity contribution in [3.63, 3.8) is 0 Å². The number of nitrogens with zero attached hydrogens (tertiary/aromatic N) is 1. The van der Waals surface area contributed by atoms with Crippen LogP contribution in [0.3, 0.4) is 0 Å². The van der Waals surface area contributed by atoms with Gasteiger partial charge in [-0.2, -0.15) is 5.10 Å². The van der Waals surface area contributed by atoms with Crippen molar-refractivity contribution >= 4 is 11.7 Å². The second-order valence-corrected chi connectivity index (χ2v) is 4.17. The van der Waals surface area contributed by atoms with Gasteiger partial charge in [0.05, 0.1) is 13.5 Å². The predicted molar refractivity (Wildman–Crippen MR) is 73.3 cm³/mol. The van der Waals surface area contributed by atoms with Crippen LogP contribution in [0.5, 0.6) is 5.75 Å². The maximum atomic E-state index is 11.9. The third-order valence-electron chi connectivity index (χ3n) is 2.82. The zero-order valence-corrected chi connectivity index (χ0v) is 11.1. The minimum atomic E-state index is -0.112. The van der Waals surface area contributed by atoms with Gasteiger partial charge in [-0.1, -0.05) is 25.1 Å². The highest BCUT2D eigenvalue weighted by Crippen LogP contribution is 2.18. The first-order chi connectivity index (χ1) is 9.22. The van der Waals surface area contributed by atoms with E-state index in [1.807, 2.05) is 37.3 Å². The van der Waals surface area contributed by atoms with E-state index in [0.717, 1.165) is 17.7 Å². The summed E-state index contributed by atoms with van der Waals surface area (Å²) in [7, 11) is 1.60. The Morgan fingerprint density at radius 3 is 2.89 bits per heavy atom. The molecule has 0 fully saturated rings. The van der Waals surface area contributed by atoms with Crippen LogP contribution in [-0.2, 0) is 17.6 Å². The molecule has 100 valence electrons. The van der Waals surface area contributed by atoms with E-state index in [9.17, 15) is 4.79 Å². The first-order valence-corrected chi connectivity index (χ1v) is 6.19. The molecule has 0 saturated heterocycles. The SMILES string of the molecule is CCc1cc(NC(=O)Cc2ccccc2OC)n[nH]1. The molecule has 0 bridgehead atoms. The number of H-pyrrole nitrogens is 1. The van der Waals surface area contributed by atoms with Crippen LogP contribution in [-0.4, -0.2) is 23.2 Å². The first kappa shape index (κ1) is 13.1. The number of aromatic nitrogens is 2. The summed E-state index contributed by atoms with van der Waals surface area (Å²) in [5, 5.41) is 9.64. The molecule has 0 aliphatic rings. The van der Waals surface area contributed by atoms with E-state index < -0.39 is 0 Å². The molecule has 19 heavy (non-hydrogen) atoms. The number of amides is 1. The van der Waals surface area contributed by atoms with E-state index in [2.05, 4.69) is 15.5 Å². The summed E-state index contributed by atoms with van der Waals surface area (Å²) in [6, 6.07) is 9.31. The Hall–Kier alpha value is -2.30. The van der Waals surface area contributed by atoms with Crippen LogP contribution in [0, 0.1) is 0 Å². The lowest BCUT2D eigenvalue weighted by Gasteiger charge is -2.07. The molecule has 1 aromatic carbocycles. The highest BCUT2D eigenvalue weighted by Gasteiger charge is 2.09. The zero-order chi connectivity index (χ0) is 13.7. The molecule has 1 amide bonds. The number of aromatic amines is 1. The van der Waals surface area contributed by atoms with E-state index in [0.29, 0.717) is 11.6 Å². The summed E-state index contributed by atoms with van der Waals surface area (Å²) < 4.78 is 5.22. The van der Waals surface area contributed by atoms with Crippen LogP contribution in [0.25, 0.3) is 0 Å². The molecule has 2 rings (SSSR count). The van der Waals surface area contributed by atoms with Gasteiger partial charge in [0.15, 0.2) is 5.82 Å². The van der Waals surface area contributed by atoms with Crippen LogP contribution in [0.1, 0.15) is 18.2 Å². The third kappa shape index (κ3) is 3.34. The van der Waals surface area contributed by atoms with Gasteiger partial charge in [-0.3, -0.25) is 9.89 Å². The van der Waals surface area contributed by atoms with Crippen molar-refractivity contribution in [1.29, 1.82) is 0 Å². The van der Waals surface area contributed by atoms with Crippen molar-refractivity contribution < 1.29 is 9.53 Å². The highest BCUT2D eigenvalue weighted by molar-refractivity contribution is 5.91. The number of para-hydroxylation sites is 1. The quantitative estimate of drug-likeness (QED) is 0.864. The average Bonchev–Trinajstić information content (AvgIpc) is 2.87. The maximum absolute atomic E-state index is 11.9. The summed E-state index contributed by atoms with van der Waals surface area (Å²) >= 11 is 0.